The van der Waals surface area contributed by atoms with Gasteiger partial charge in [-0.3, -0.25) is 0 Å². The summed E-state index contributed by atoms with van der Waals surface area (Å²) in [7, 11) is 0. The van der Waals surface area contributed by atoms with Crippen molar-refractivity contribution >= 4 is 57.4 Å². The minimum absolute atomic E-state index is 0.235. The molecular weight excluding hydrogens is 446 g/mol. The Hall–Kier alpha value is -0.170. The van der Waals surface area contributed by atoms with E-state index in [1.807, 2.05) is 22.6 Å². The molecule has 0 saturated carbocycles. The number of hydrogen-bond donors (Lipinski definition) is 0. The van der Waals surface area contributed by atoms with Crippen LogP contribution in [-0.4, -0.2) is 0 Å². The first-order valence-electron chi connectivity index (χ1n) is 5.22. The average Bonchev–Trinajstić information content (AvgIpc) is 2.33. The molecule has 20 heavy (non-hydrogen) atoms. The van der Waals surface area contributed by atoms with Crippen LogP contribution >= 0.6 is 57.4 Å². The zero-order valence-electron chi connectivity index (χ0n) is 9.53. The van der Waals surface area contributed by atoms with Crippen LogP contribution in [0.5, 0.6) is 0 Å². The van der Waals surface area contributed by atoms with Crippen LogP contribution in [0.1, 0.15) is 5.56 Å². The second kappa shape index (κ2) is 5.91. The highest BCUT2D eigenvalue weighted by molar-refractivity contribution is 14.1. The smallest absolute Gasteiger partial charge is 0.166 e. The average molecular weight is 451 g/mol. The van der Waals surface area contributed by atoms with E-state index in [-0.39, 0.29) is 15.1 Å². The quantitative estimate of drug-likeness (QED) is 0.326. The van der Waals surface area contributed by atoms with Gasteiger partial charge in [0.2, 0.25) is 0 Å². The molecule has 0 nitrogen and oxygen atoms in total. The van der Waals surface area contributed by atoms with Gasteiger partial charge in [-0.1, -0.05) is 34.8 Å². The summed E-state index contributed by atoms with van der Waals surface area (Å²) >= 11 is 19.7. The third-order valence-corrected chi connectivity index (χ3v) is 4.57. The second-order valence-corrected chi connectivity index (χ2v) is 6.32. The summed E-state index contributed by atoms with van der Waals surface area (Å²) in [5.41, 5.74) is 0.0376. The van der Waals surface area contributed by atoms with Gasteiger partial charge >= 0.3 is 6.18 Å². The van der Waals surface area contributed by atoms with E-state index in [2.05, 4.69) is 0 Å². The number of halogens is 7. The molecule has 0 radical (unpaired) electrons. The fraction of sp³-hybridized carbons (Fsp3) is 0.0769. The number of benzene rings is 2. The first kappa shape index (κ1) is 16.2. The van der Waals surface area contributed by atoms with Crippen molar-refractivity contribution in [2.75, 3.05) is 0 Å². The maximum atomic E-state index is 12.8. The van der Waals surface area contributed by atoms with Crippen molar-refractivity contribution in [3.8, 4) is 11.1 Å². The van der Waals surface area contributed by atoms with Gasteiger partial charge in [-0.05, 0) is 58.5 Å². The van der Waals surface area contributed by atoms with E-state index in [4.69, 9.17) is 34.8 Å². The zero-order chi connectivity index (χ0) is 15.1. The highest BCUT2D eigenvalue weighted by atomic mass is 127. The molecule has 0 aromatic heterocycles. The van der Waals surface area contributed by atoms with Gasteiger partial charge < -0.3 is 0 Å². The van der Waals surface area contributed by atoms with Gasteiger partial charge in [-0.25, -0.2) is 0 Å². The van der Waals surface area contributed by atoms with Crippen molar-refractivity contribution in [2.24, 2.45) is 0 Å². The summed E-state index contributed by atoms with van der Waals surface area (Å²) in [5.74, 6) is 0. The van der Waals surface area contributed by atoms with Gasteiger partial charge in [0.05, 0.1) is 20.6 Å². The van der Waals surface area contributed by atoms with E-state index in [0.29, 0.717) is 14.7 Å². The predicted molar refractivity (Wildman–Crippen MR) is 84.6 cm³/mol. The third kappa shape index (κ3) is 3.35. The lowest BCUT2D eigenvalue weighted by Gasteiger charge is -2.12. The SMILES string of the molecule is FC(F)(F)c1ccc(I)c(-c2cc(Cl)c(Cl)cc2Cl)c1. The van der Waals surface area contributed by atoms with E-state index >= 15 is 0 Å². The minimum Gasteiger partial charge on any atom is -0.166 e. The Kier molecular flexibility index (Phi) is 4.79. The molecule has 0 fully saturated rings. The molecular formula is C13H5Cl3F3I. The first-order valence-corrected chi connectivity index (χ1v) is 7.43. The molecule has 0 bridgehead atoms. The van der Waals surface area contributed by atoms with Gasteiger partial charge in [0.15, 0.2) is 0 Å². The van der Waals surface area contributed by atoms with Crippen molar-refractivity contribution in [3.05, 3.63) is 54.5 Å². The van der Waals surface area contributed by atoms with Gasteiger partial charge in [0.1, 0.15) is 0 Å². The van der Waals surface area contributed by atoms with E-state index in [1.165, 1.54) is 18.2 Å². The lowest BCUT2D eigenvalue weighted by atomic mass is 10.0. The minimum atomic E-state index is -4.41. The van der Waals surface area contributed by atoms with Gasteiger partial charge in [0.25, 0.3) is 0 Å². The lowest BCUT2D eigenvalue weighted by molar-refractivity contribution is -0.137. The molecule has 106 valence electrons. The van der Waals surface area contributed by atoms with Gasteiger partial charge in [-0.15, -0.1) is 0 Å². The van der Waals surface area contributed by atoms with Crippen LogP contribution in [0.2, 0.25) is 15.1 Å². The molecule has 7 heteroatoms. The molecule has 0 atom stereocenters. The van der Waals surface area contributed by atoms with Crippen molar-refractivity contribution in [3.63, 3.8) is 0 Å². The molecule has 0 aliphatic carbocycles. The van der Waals surface area contributed by atoms with Crippen LogP contribution in [0, 0.1) is 3.57 Å². The molecule has 2 rings (SSSR count). The zero-order valence-corrected chi connectivity index (χ0v) is 14.0. The van der Waals surface area contributed by atoms with Crippen molar-refractivity contribution < 1.29 is 13.2 Å². The van der Waals surface area contributed by atoms with E-state index < -0.39 is 11.7 Å². The summed E-state index contributed by atoms with van der Waals surface area (Å²) in [4.78, 5) is 0. The van der Waals surface area contributed by atoms with E-state index in [9.17, 15) is 13.2 Å². The summed E-state index contributed by atoms with van der Waals surface area (Å²) in [5, 5.41) is 0.735. The molecule has 2 aromatic rings. The number of hydrogen-bond acceptors (Lipinski definition) is 0. The van der Waals surface area contributed by atoms with E-state index in [0.717, 1.165) is 12.1 Å². The van der Waals surface area contributed by atoms with Gasteiger partial charge in [-0.2, -0.15) is 13.2 Å². The Morgan fingerprint density at radius 2 is 1.40 bits per heavy atom. The first-order chi connectivity index (χ1) is 9.20. The number of rotatable bonds is 1. The molecule has 0 unspecified atom stereocenters. The van der Waals surface area contributed by atoms with Crippen LogP contribution in [0.25, 0.3) is 11.1 Å². The molecule has 0 saturated heterocycles. The van der Waals surface area contributed by atoms with Gasteiger partial charge in [0, 0.05) is 9.13 Å². The topological polar surface area (TPSA) is 0 Å². The lowest BCUT2D eigenvalue weighted by Crippen LogP contribution is -2.05. The largest absolute Gasteiger partial charge is 0.416 e. The molecule has 0 N–H and O–H groups in total. The molecule has 0 heterocycles. The van der Waals surface area contributed by atoms with Crippen molar-refractivity contribution in [1.82, 2.24) is 0 Å². The molecule has 0 aliphatic heterocycles. The molecule has 2 aromatic carbocycles. The highest BCUT2D eigenvalue weighted by Crippen LogP contribution is 2.39. The fourth-order valence-corrected chi connectivity index (χ4v) is 2.91. The van der Waals surface area contributed by atoms with Crippen molar-refractivity contribution in [2.45, 2.75) is 6.18 Å². The van der Waals surface area contributed by atoms with Crippen LogP contribution in [0.3, 0.4) is 0 Å². The standard InChI is InChI=1S/C13H5Cl3F3I/c14-9-5-11(16)10(15)4-7(9)8-3-6(13(17,18)19)1-2-12(8)20/h1-5H. The number of alkyl halides is 3. The monoisotopic (exact) mass is 450 g/mol. The summed E-state index contributed by atoms with van der Waals surface area (Å²) in [6, 6.07) is 6.34. The fourth-order valence-electron chi connectivity index (χ4n) is 1.64. The summed E-state index contributed by atoms with van der Waals surface area (Å²) in [6.07, 6.45) is -4.41. The van der Waals surface area contributed by atoms with Crippen LogP contribution < -0.4 is 0 Å². The summed E-state index contributed by atoms with van der Waals surface area (Å²) < 4.78 is 39.0. The van der Waals surface area contributed by atoms with E-state index in [1.54, 1.807) is 0 Å². The molecule has 0 amide bonds. The second-order valence-electron chi connectivity index (χ2n) is 3.94. The normalized spacial score (nSPS) is 11.8. The van der Waals surface area contributed by atoms with Crippen LogP contribution in [0.15, 0.2) is 30.3 Å². The Morgan fingerprint density at radius 3 is 2.00 bits per heavy atom. The van der Waals surface area contributed by atoms with Crippen molar-refractivity contribution in [1.29, 1.82) is 0 Å². The Morgan fingerprint density at radius 1 is 0.800 bits per heavy atom. The predicted octanol–water partition coefficient (Wildman–Crippen LogP) is 6.94. The Labute approximate surface area is 142 Å². The highest BCUT2D eigenvalue weighted by Gasteiger charge is 2.31. The maximum absolute atomic E-state index is 12.8. The molecule has 0 spiro atoms. The van der Waals surface area contributed by atoms with Crippen LogP contribution in [0.4, 0.5) is 13.2 Å². The third-order valence-electron chi connectivity index (χ3n) is 2.59. The Bertz CT molecular complexity index is 669. The molecule has 0 aliphatic rings. The summed E-state index contributed by atoms with van der Waals surface area (Å²) in [6.45, 7) is 0. The van der Waals surface area contributed by atoms with Crippen LogP contribution in [-0.2, 0) is 6.18 Å². The maximum Gasteiger partial charge on any atom is 0.416 e. The Balaban J connectivity index is 2.66.